The molecule has 0 aliphatic rings. The third-order valence-corrected chi connectivity index (χ3v) is 3.56. The summed E-state index contributed by atoms with van der Waals surface area (Å²) in [5.41, 5.74) is 7.02. The van der Waals surface area contributed by atoms with E-state index in [1.54, 1.807) is 0 Å². The molecule has 2 unspecified atom stereocenters. The molecule has 2 N–H and O–H groups in total. The van der Waals surface area contributed by atoms with Gasteiger partial charge in [-0.25, -0.2) is 0 Å². The van der Waals surface area contributed by atoms with Crippen LogP contribution in [0.2, 0.25) is 5.02 Å². The molecule has 84 valence electrons. The summed E-state index contributed by atoms with van der Waals surface area (Å²) < 4.78 is 0. The number of halogens is 1. The average molecular weight is 226 g/mol. The van der Waals surface area contributed by atoms with E-state index in [2.05, 4.69) is 19.9 Å². The lowest BCUT2D eigenvalue weighted by atomic mass is 9.86. The molecule has 0 spiro atoms. The van der Waals surface area contributed by atoms with Crippen LogP contribution in [-0.2, 0) is 6.42 Å². The predicted octanol–water partition coefficient (Wildman–Crippen LogP) is 3.50. The second-order valence-corrected chi connectivity index (χ2v) is 4.58. The van der Waals surface area contributed by atoms with Gasteiger partial charge in [-0.1, -0.05) is 50.1 Å². The lowest BCUT2D eigenvalue weighted by Gasteiger charge is -2.21. The molecule has 0 saturated heterocycles. The van der Waals surface area contributed by atoms with Crippen molar-refractivity contribution in [1.82, 2.24) is 0 Å². The van der Waals surface area contributed by atoms with E-state index in [0.717, 1.165) is 18.0 Å². The van der Waals surface area contributed by atoms with E-state index < -0.39 is 0 Å². The zero-order chi connectivity index (χ0) is 11.3. The van der Waals surface area contributed by atoms with Crippen molar-refractivity contribution in [3.63, 3.8) is 0 Å². The minimum Gasteiger partial charge on any atom is -0.330 e. The highest BCUT2D eigenvalue weighted by atomic mass is 35.5. The van der Waals surface area contributed by atoms with E-state index in [0.29, 0.717) is 11.8 Å². The molecule has 1 nitrogen and oxygen atoms in total. The second kappa shape index (κ2) is 6.14. The zero-order valence-corrected chi connectivity index (χ0v) is 10.3. The van der Waals surface area contributed by atoms with Gasteiger partial charge >= 0.3 is 0 Å². The Kier molecular flexibility index (Phi) is 5.13. The Morgan fingerprint density at radius 1 is 1.33 bits per heavy atom. The molecule has 1 rings (SSSR count). The number of benzene rings is 1. The minimum absolute atomic E-state index is 0.537. The van der Waals surface area contributed by atoms with E-state index in [1.165, 1.54) is 12.0 Å². The Labute approximate surface area is 97.6 Å². The highest BCUT2D eigenvalue weighted by Crippen LogP contribution is 2.23. The van der Waals surface area contributed by atoms with Gasteiger partial charge < -0.3 is 5.73 Å². The zero-order valence-electron chi connectivity index (χ0n) is 9.54. The van der Waals surface area contributed by atoms with Gasteiger partial charge in [0.05, 0.1) is 0 Å². The summed E-state index contributed by atoms with van der Waals surface area (Å²) in [6, 6.07) is 8.03. The molecule has 0 bridgehead atoms. The molecular formula is C13H20ClN. The van der Waals surface area contributed by atoms with Gasteiger partial charge in [-0.2, -0.15) is 0 Å². The van der Waals surface area contributed by atoms with Gasteiger partial charge in [0.25, 0.3) is 0 Å². The molecule has 2 atom stereocenters. The number of hydrogen-bond acceptors (Lipinski definition) is 1. The molecular weight excluding hydrogens is 206 g/mol. The quantitative estimate of drug-likeness (QED) is 0.816. The molecule has 15 heavy (non-hydrogen) atoms. The van der Waals surface area contributed by atoms with Crippen molar-refractivity contribution in [2.75, 3.05) is 6.54 Å². The summed E-state index contributed by atoms with van der Waals surface area (Å²) in [7, 11) is 0. The van der Waals surface area contributed by atoms with Crippen molar-refractivity contribution >= 4 is 11.6 Å². The fourth-order valence-electron chi connectivity index (χ4n) is 1.80. The van der Waals surface area contributed by atoms with Gasteiger partial charge in [-0.15, -0.1) is 0 Å². The first-order valence-corrected chi connectivity index (χ1v) is 6.00. The van der Waals surface area contributed by atoms with Gasteiger partial charge in [0.1, 0.15) is 0 Å². The molecule has 0 saturated carbocycles. The lowest BCUT2D eigenvalue weighted by molar-refractivity contribution is 0.354. The third-order valence-electron chi connectivity index (χ3n) is 3.19. The van der Waals surface area contributed by atoms with Gasteiger partial charge in [-0.05, 0) is 36.4 Å². The van der Waals surface area contributed by atoms with E-state index in [-0.39, 0.29) is 0 Å². The van der Waals surface area contributed by atoms with Crippen LogP contribution in [0.15, 0.2) is 24.3 Å². The van der Waals surface area contributed by atoms with Crippen molar-refractivity contribution in [1.29, 1.82) is 0 Å². The standard InChI is InChI=1S/C13H20ClN/c1-3-10(2)12(9-15)8-11-6-4-5-7-13(11)14/h4-7,10,12H,3,8-9,15H2,1-2H3. The van der Waals surface area contributed by atoms with Crippen molar-refractivity contribution in [3.8, 4) is 0 Å². The van der Waals surface area contributed by atoms with Crippen LogP contribution in [-0.4, -0.2) is 6.54 Å². The highest BCUT2D eigenvalue weighted by molar-refractivity contribution is 6.31. The van der Waals surface area contributed by atoms with E-state index in [9.17, 15) is 0 Å². The van der Waals surface area contributed by atoms with Gasteiger partial charge in [0, 0.05) is 5.02 Å². The SMILES string of the molecule is CCC(C)C(CN)Cc1ccccc1Cl. The van der Waals surface area contributed by atoms with Gasteiger partial charge in [-0.3, -0.25) is 0 Å². The Bertz CT molecular complexity index is 298. The van der Waals surface area contributed by atoms with Crippen LogP contribution in [0.25, 0.3) is 0 Å². The summed E-state index contributed by atoms with van der Waals surface area (Å²) >= 11 is 6.13. The van der Waals surface area contributed by atoms with Crippen molar-refractivity contribution in [2.45, 2.75) is 26.7 Å². The van der Waals surface area contributed by atoms with Crippen LogP contribution in [0.3, 0.4) is 0 Å². The molecule has 0 fully saturated rings. The maximum absolute atomic E-state index is 6.13. The van der Waals surface area contributed by atoms with Gasteiger partial charge in [0.2, 0.25) is 0 Å². The molecule has 0 radical (unpaired) electrons. The Morgan fingerprint density at radius 3 is 2.53 bits per heavy atom. The second-order valence-electron chi connectivity index (χ2n) is 4.18. The fraction of sp³-hybridized carbons (Fsp3) is 0.538. The summed E-state index contributed by atoms with van der Waals surface area (Å²) in [5.74, 6) is 1.20. The summed E-state index contributed by atoms with van der Waals surface area (Å²) in [4.78, 5) is 0. The summed E-state index contributed by atoms with van der Waals surface area (Å²) in [6.07, 6.45) is 2.16. The first-order valence-electron chi connectivity index (χ1n) is 5.62. The lowest BCUT2D eigenvalue weighted by Crippen LogP contribution is -2.23. The third kappa shape index (κ3) is 3.51. The van der Waals surface area contributed by atoms with Crippen molar-refractivity contribution in [2.24, 2.45) is 17.6 Å². The number of nitrogens with two attached hydrogens (primary N) is 1. The molecule has 0 aliphatic carbocycles. The minimum atomic E-state index is 0.537. The molecule has 2 heteroatoms. The van der Waals surface area contributed by atoms with Crippen LogP contribution >= 0.6 is 11.6 Å². The van der Waals surface area contributed by atoms with E-state index in [4.69, 9.17) is 17.3 Å². The molecule has 1 aromatic carbocycles. The van der Waals surface area contributed by atoms with E-state index >= 15 is 0 Å². The predicted molar refractivity (Wildman–Crippen MR) is 67.2 cm³/mol. The monoisotopic (exact) mass is 225 g/mol. The normalized spacial score (nSPS) is 14.9. The van der Waals surface area contributed by atoms with Crippen LogP contribution in [0.5, 0.6) is 0 Å². The first kappa shape index (κ1) is 12.5. The van der Waals surface area contributed by atoms with Crippen LogP contribution < -0.4 is 5.73 Å². The highest BCUT2D eigenvalue weighted by Gasteiger charge is 2.15. The number of hydrogen-bond donors (Lipinski definition) is 1. The molecule has 0 amide bonds. The number of rotatable bonds is 5. The van der Waals surface area contributed by atoms with Gasteiger partial charge in [0.15, 0.2) is 0 Å². The Hall–Kier alpha value is -0.530. The van der Waals surface area contributed by atoms with Crippen LogP contribution in [0.4, 0.5) is 0 Å². The van der Waals surface area contributed by atoms with Crippen LogP contribution in [0, 0.1) is 11.8 Å². The Balaban J connectivity index is 2.71. The molecule has 0 heterocycles. The molecule has 0 aromatic heterocycles. The summed E-state index contributed by atoms with van der Waals surface area (Å²) in [5, 5.41) is 0.860. The summed E-state index contributed by atoms with van der Waals surface area (Å²) in [6.45, 7) is 5.20. The Morgan fingerprint density at radius 2 is 2.00 bits per heavy atom. The first-order chi connectivity index (χ1) is 7.19. The average Bonchev–Trinajstić information content (AvgIpc) is 2.27. The largest absolute Gasteiger partial charge is 0.330 e. The van der Waals surface area contributed by atoms with Crippen molar-refractivity contribution in [3.05, 3.63) is 34.9 Å². The fourth-order valence-corrected chi connectivity index (χ4v) is 2.01. The maximum Gasteiger partial charge on any atom is 0.0438 e. The van der Waals surface area contributed by atoms with Crippen LogP contribution in [0.1, 0.15) is 25.8 Å². The smallest absolute Gasteiger partial charge is 0.0438 e. The van der Waals surface area contributed by atoms with E-state index in [1.807, 2.05) is 18.2 Å². The maximum atomic E-state index is 6.13. The molecule has 0 aliphatic heterocycles. The topological polar surface area (TPSA) is 26.0 Å². The molecule has 1 aromatic rings. The van der Waals surface area contributed by atoms with Crippen molar-refractivity contribution < 1.29 is 0 Å².